The van der Waals surface area contributed by atoms with Gasteiger partial charge in [-0.25, -0.2) is 0 Å². The minimum atomic E-state index is 0.931. The minimum absolute atomic E-state index is 0.931. The van der Waals surface area contributed by atoms with Gasteiger partial charge in [0.15, 0.2) is 0 Å². The van der Waals surface area contributed by atoms with Crippen molar-refractivity contribution >= 4 is 14.0 Å². The predicted octanol–water partition coefficient (Wildman–Crippen LogP) is 1.14. The van der Waals surface area contributed by atoms with Crippen LogP contribution in [0.15, 0.2) is 0 Å². The van der Waals surface area contributed by atoms with Gasteiger partial charge < -0.3 is 0 Å². The highest BCUT2D eigenvalue weighted by Crippen LogP contribution is 2.18. The van der Waals surface area contributed by atoms with Crippen LogP contribution in [0.5, 0.6) is 0 Å². The first-order valence-corrected chi connectivity index (χ1v) is 2.46. The van der Waals surface area contributed by atoms with Gasteiger partial charge in [-0.05, 0) is 5.80 Å². The third-order valence-electron chi connectivity index (χ3n) is 0.447. The van der Waals surface area contributed by atoms with Crippen LogP contribution in [0.1, 0.15) is 6.92 Å². The van der Waals surface area contributed by atoms with E-state index in [1.54, 1.807) is 8.20 Å². The zero-order valence-corrected chi connectivity index (χ0v) is 3.50. The summed E-state index contributed by atoms with van der Waals surface area (Å²) in [5, 5.41) is 0. The molecule has 0 radical (unpaired) electrons. The van der Waals surface area contributed by atoms with Crippen LogP contribution in [0.25, 0.3) is 0 Å². The first-order valence-electron chi connectivity index (χ1n) is 1.43. The van der Waals surface area contributed by atoms with Crippen LogP contribution in [0, 0.1) is 0 Å². The minimum Gasteiger partial charge on any atom is -0.100 e. The third kappa shape index (κ3) is 0.296. The van der Waals surface area contributed by atoms with E-state index in [0.717, 1.165) is 5.66 Å². The van der Waals surface area contributed by atoms with Gasteiger partial charge >= 0.3 is 0 Å². The Balaban J connectivity index is 2.32. The number of hydrogen-bond donors (Lipinski definition) is 0. The molecule has 0 fully saturated rings. The maximum Gasteiger partial charge on any atom is 0.0200 e. The average molecular weight is 72.0 g/mol. The monoisotopic (exact) mass is 72.0 g/mol. The van der Waals surface area contributed by atoms with E-state index in [9.17, 15) is 0 Å². The van der Waals surface area contributed by atoms with E-state index in [0.29, 0.717) is 0 Å². The van der Waals surface area contributed by atoms with Crippen LogP contribution in [-0.4, -0.2) is 11.5 Å². The van der Waals surface area contributed by atoms with Gasteiger partial charge in [-0.15, -0.1) is 8.20 Å². The molecule has 1 aliphatic rings. The lowest BCUT2D eigenvalue weighted by Gasteiger charge is -1.56. The molecule has 1 unspecified atom stereocenters. The summed E-state index contributed by atoms with van der Waals surface area (Å²) in [5.74, 6) is 2.26. The van der Waals surface area contributed by atoms with E-state index >= 15 is 0 Å². The Bertz CT molecular complexity index is 41.2. The zero-order valence-electron chi connectivity index (χ0n) is 2.60. The molecule has 1 atom stereocenters. The second-order valence-electron chi connectivity index (χ2n) is 1.04. The highest BCUT2D eigenvalue weighted by atomic mass is 31.1. The van der Waals surface area contributed by atoms with Crippen LogP contribution in [0.2, 0.25) is 0 Å². The van der Waals surface area contributed by atoms with Crippen molar-refractivity contribution in [3.05, 3.63) is 0 Å². The summed E-state index contributed by atoms with van der Waals surface area (Å²) in [4.78, 5) is 0. The summed E-state index contributed by atoms with van der Waals surface area (Å²) < 4.78 is 0. The van der Waals surface area contributed by atoms with Gasteiger partial charge in [0.25, 0.3) is 0 Å². The lowest BCUT2D eigenvalue weighted by Crippen LogP contribution is -1.62. The van der Waals surface area contributed by atoms with Crippen molar-refractivity contribution in [1.82, 2.24) is 0 Å². The molecule has 22 valence electrons. The summed E-state index contributed by atoms with van der Waals surface area (Å²) in [6, 6.07) is 0. The largest absolute Gasteiger partial charge is 0.100 e. The molecular formula is C3H5P. The Labute approximate surface area is 27.6 Å². The van der Waals surface area contributed by atoms with Crippen LogP contribution in [0.4, 0.5) is 0 Å². The molecule has 0 aromatic carbocycles. The van der Waals surface area contributed by atoms with Crippen molar-refractivity contribution in [1.29, 1.82) is 0 Å². The van der Waals surface area contributed by atoms with E-state index in [1.165, 1.54) is 0 Å². The van der Waals surface area contributed by atoms with Crippen molar-refractivity contribution in [2.45, 2.75) is 12.6 Å². The van der Waals surface area contributed by atoms with E-state index < -0.39 is 0 Å². The molecule has 1 aliphatic heterocycles. The third-order valence-corrected chi connectivity index (χ3v) is 1.34. The van der Waals surface area contributed by atoms with E-state index in [4.69, 9.17) is 0 Å². The van der Waals surface area contributed by atoms with Gasteiger partial charge in [0.1, 0.15) is 0 Å². The van der Waals surface area contributed by atoms with Gasteiger partial charge in [0.05, 0.1) is 0 Å². The second kappa shape index (κ2) is 0.558. The quantitative estimate of drug-likeness (QED) is 0.376. The van der Waals surface area contributed by atoms with E-state index in [-0.39, 0.29) is 0 Å². The lowest BCUT2D eigenvalue weighted by molar-refractivity contribution is 1.41. The average Bonchev–Trinajstić information content (AvgIpc) is 1.75. The van der Waals surface area contributed by atoms with E-state index in [2.05, 4.69) is 12.7 Å². The second-order valence-corrected chi connectivity index (χ2v) is 2.45. The van der Waals surface area contributed by atoms with Gasteiger partial charge in [-0.1, -0.05) is 6.92 Å². The van der Waals surface area contributed by atoms with Crippen molar-refractivity contribution in [2.24, 2.45) is 0 Å². The highest BCUT2D eigenvalue weighted by molar-refractivity contribution is 7.51. The van der Waals surface area contributed by atoms with Gasteiger partial charge in [0.2, 0.25) is 0 Å². The zero-order chi connectivity index (χ0) is 2.99. The predicted molar refractivity (Wildman–Crippen MR) is 22.4 cm³/mol. The molecule has 0 nitrogen and oxygen atoms in total. The Morgan fingerprint density at radius 3 is 2.25 bits per heavy atom. The number of rotatable bonds is 0. The molecule has 4 heavy (non-hydrogen) atoms. The summed E-state index contributed by atoms with van der Waals surface area (Å²) in [5.41, 5.74) is 0.931. The van der Waals surface area contributed by atoms with Crippen molar-refractivity contribution < 1.29 is 0 Å². The molecule has 0 spiro atoms. The fraction of sp³-hybridized carbons (Fsp3) is 0.667. The Kier molecular flexibility index (Phi) is 0.336. The van der Waals surface area contributed by atoms with Crippen LogP contribution >= 0.6 is 8.20 Å². The maximum absolute atomic E-state index is 2.26. The summed E-state index contributed by atoms with van der Waals surface area (Å²) in [6.45, 7) is 2.21. The van der Waals surface area contributed by atoms with Crippen LogP contribution in [-0.2, 0) is 0 Å². The standard InChI is InChI=1S/C3H5P/c1-3-2-4-3/h2-3H,1H3. The lowest BCUT2D eigenvalue weighted by atomic mass is 10.6. The van der Waals surface area contributed by atoms with Crippen molar-refractivity contribution in [3.8, 4) is 0 Å². The molecule has 1 heteroatoms. The Morgan fingerprint density at radius 2 is 2.25 bits per heavy atom. The number of hydrogen-bond acceptors (Lipinski definition) is 0. The van der Waals surface area contributed by atoms with Crippen molar-refractivity contribution in [2.75, 3.05) is 0 Å². The fourth-order valence-corrected chi connectivity index (χ4v) is 0.258. The summed E-state index contributed by atoms with van der Waals surface area (Å²) >= 11 is 0. The molecule has 0 aliphatic carbocycles. The SMILES string of the molecule is CC1C=P1. The van der Waals surface area contributed by atoms with Gasteiger partial charge in [-0.3, -0.25) is 0 Å². The first kappa shape index (κ1) is 2.41. The molecule has 0 saturated carbocycles. The normalized spacial score (nSPS) is 39.8. The van der Waals surface area contributed by atoms with Gasteiger partial charge in [0, 0.05) is 5.66 Å². The molecule has 0 bridgehead atoms. The molecule has 0 saturated heterocycles. The van der Waals surface area contributed by atoms with Crippen LogP contribution < -0.4 is 0 Å². The topological polar surface area (TPSA) is 0 Å². The molecule has 0 aromatic heterocycles. The summed E-state index contributed by atoms with van der Waals surface area (Å²) in [7, 11) is 1.54. The Hall–Kier alpha value is 0.170. The molecule has 0 amide bonds. The smallest absolute Gasteiger partial charge is 0.0200 e. The van der Waals surface area contributed by atoms with Crippen molar-refractivity contribution in [3.63, 3.8) is 0 Å². The fourth-order valence-electron chi connectivity index (χ4n) is 0.0861. The molecule has 1 rings (SSSR count). The Morgan fingerprint density at radius 1 is 2.00 bits per heavy atom. The van der Waals surface area contributed by atoms with Gasteiger partial charge in [-0.2, -0.15) is 0 Å². The molecule has 1 heterocycles. The molecule has 0 aromatic rings. The van der Waals surface area contributed by atoms with E-state index in [1.807, 2.05) is 0 Å². The summed E-state index contributed by atoms with van der Waals surface area (Å²) in [6.07, 6.45) is 0. The maximum atomic E-state index is 2.26. The highest BCUT2D eigenvalue weighted by Gasteiger charge is 1.99. The molecular weight excluding hydrogens is 67.0 g/mol. The first-order chi connectivity index (χ1) is 1.89. The van der Waals surface area contributed by atoms with Crippen LogP contribution in [0.3, 0.4) is 0 Å². The molecule has 0 N–H and O–H groups in total.